The first-order valence-corrected chi connectivity index (χ1v) is 7.84. The van der Waals surface area contributed by atoms with Gasteiger partial charge in [0, 0.05) is 11.4 Å². The van der Waals surface area contributed by atoms with Gasteiger partial charge in [0.15, 0.2) is 6.61 Å². The van der Waals surface area contributed by atoms with Crippen LogP contribution in [0.3, 0.4) is 0 Å². The van der Waals surface area contributed by atoms with Crippen LogP contribution in [0, 0.1) is 0 Å². The summed E-state index contributed by atoms with van der Waals surface area (Å²) < 4.78 is 5.32. The third-order valence-corrected chi connectivity index (χ3v) is 4.00. The highest BCUT2D eigenvalue weighted by atomic mass is 35.5. The molecule has 0 saturated carbocycles. The molecule has 124 valence electrons. The number of carbonyl (C=O) groups is 1. The number of ether oxygens (including phenoxy) is 1. The summed E-state index contributed by atoms with van der Waals surface area (Å²) in [7, 11) is 0. The van der Waals surface area contributed by atoms with Crippen LogP contribution in [0.15, 0.2) is 53.6 Å². The Morgan fingerprint density at radius 1 is 1.25 bits per heavy atom. The Hall–Kier alpha value is -2.57. The molecule has 4 N–H and O–H groups in total. The van der Waals surface area contributed by atoms with Crippen molar-refractivity contribution in [3.8, 4) is 5.75 Å². The lowest BCUT2D eigenvalue weighted by atomic mass is 9.99. The molecule has 1 amide bonds. The highest BCUT2D eigenvalue weighted by molar-refractivity contribution is 6.30. The van der Waals surface area contributed by atoms with Crippen LogP contribution >= 0.6 is 11.6 Å². The highest BCUT2D eigenvalue weighted by Gasteiger charge is 2.21. The molecule has 6 nitrogen and oxygen atoms in total. The maximum absolute atomic E-state index is 11.1. The molecule has 1 heterocycles. The van der Waals surface area contributed by atoms with Crippen LogP contribution in [0.2, 0.25) is 5.02 Å². The average Bonchev–Trinajstić information content (AvgIpc) is 3.11. The lowest BCUT2D eigenvalue weighted by Crippen LogP contribution is -2.34. The Kier molecular flexibility index (Phi) is 4.98. The van der Waals surface area contributed by atoms with E-state index in [2.05, 4.69) is 10.5 Å². The maximum Gasteiger partial charge on any atom is 0.271 e. The van der Waals surface area contributed by atoms with E-state index in [1.54, 1.807) is 12.1 Å². The fourth-order valence-electron chi connectivity index (χ4n) is 2.44. The van der Waals surface area contributed by atoms with Gasteiger partial charge in [-0.2, -0.15) is 5.10 Å². The molecule has 0 radical (unpaired) electrons. The van der Waals surface area contributed by atoms with E-state index in [0.717, 1.165) is 28.3 Å². The molecule has 1 aliphatic rings. The second kappa shape index (κ2) is 7.33. The summed E-state index contributed by atoms with van der Waals surface area (Å²) in [5, 5.41) is 5.13. The lowest BCUT2D eigenvalue weighted by molar-refractivity contribution is -0.123. The highest BCUT2D eigenvalue weighted by Crippen LogP contribution is 2.26. The van der Waals surface area contributed by atoms with Gasteiger partial charge in [-0.3, -0.25) is 10.2 Å². The summed E-state index contributed by atoms with van der Waals surface area (Å²) in [6, 6.07) is 15.3. The lowest BCUT2D eigenvalue weighted by Gasteiger charge is -2.10. The van der Waals surface area contributed by atoms with Crippen LogP contribution in [-0.2, 0) is 4.79 Å². The second-order valence-corrected chi connectivity index (χ2v) is 5.81. The van der Waals surface area contributed by atoms with Crippen LogP contribution in [-0.4, -0.2) is 18.2 Å². The van der Waals surface area contributed by atoms with Gasteiger partial charge in [0.1, 0.15) is 5.75 Å². The Morgan fingerprint density at radius 2 is 1.96 bits per heavy atom. The fourth-order valence-corrected chi connectivity index (χ4v) is 2.57. The largest absolute Gasteiger partial charge is 0.484 e. The number of benzene rings is 2. The van der Waals surface area contributed by atoms with E-state index in [4.69, 9.17) is 22.2 Å². The van der Waals surface area contributed by atoms with Crippen LogP contribution in [0.25, 0.3) is 0 Å². The molecule has 3 rings (SSSR count). The molecule has 0 aliphatic carbocycles. The zero-order valence-corrected chi connectivity index (χ0v) is 13.6. The van der Waals surface area contributed by atoms with Gasteiger partial charge in [-0.05, 0) is 47.5 Å². The number of amides is 1. The zero-order valence-electron chi connectivity index (χ0n) is 12.8. The topological polar surface area (TPSA) is 88.7 Å². The molecule has 0 bridgehead atoms. The number of hydrogen-bond donors (Lipinski definition) is 3. The summed E-state index contributed by atoms with van der Waals surface area (Å²) >= 11 is 5.92. The third-order valence-electron chi connectivity index (χ3n) is 3.74. The molecular weight excluding hydrogens is 328 g/mol. The number of nitrogens with one attached hydrogen (secondary N) is 2. The predicted molar refractivity (Wildman–Crippen MR) is 92.7 cm³/mol. The van der Waals surface area contributed by atoms with Gasteiger partial charge in [-0.25, -0.2) is 5.84 Å². The summed E-state index contributed by atoms with van der Waals surface area (Å²) in [5.74, 6) is 5.22. The Morgan fingerprint density at radius 3 is 2.62 bits per heavy atom. The smallest absolute Gasteiger partial charge is 0.271 e. The van der Waals surface area contributed by atoms with Crippen molar-refractivity contribution in [2.75, 3.05) is 6.61 Å². The molecule has 0 aromatic heterocycles. The van der Waals surface area contributed by atoms with Gasteiger partial charge in [-0.1, -0.05) is 23.7 Å². The monoisotopic (exact) mass is 344 g/mol. The molecule has 0 fully saturated rings. The van der Waals surface area contributed by atoms with Gasteiger partial charge in [0.2, 0.25) is 0 Å². The zero-order chi connectivity index (χ0) is 16.9. The molecular formula is C17H17ClN4O2. The predicted octanol–water partition coefficient (Wildman–Crippen LogP) is 2.15. The van der Waals surface area contributed by atoms with E-state index in [0.29, 0.717) is 5.75 Å². The van der Waals surface area contributed by atoms with Crippen LogP contribution in [0.5, 0.6) is 5.75 Å². The molecule has 2 aromatic carbocycles. The van der Waals surface area contributed by atoms with Crippen LogP contribution in [0.1, 0.15) is 23.6 Å². The standard InChI is InChI=1S/C17H17ClN4O2/c18-13-5-1-11(2-6-13)15-9-16(22-21-15)12-3-7-14(8-4-12)24-10-17(23)20-19/h1-8,15,21H,9-10,19H2,(H,20,23). The number of rotatable bonds is 5. The average molecular weight is 345 g/mol. The van der Waals surface area contributed by atoms with E-state index in [-0.39, 0.29) is 18.6 Å². The van der Waals surface area contributed by atoms with Crippen molar-refractivity contribution >= 4 is 23.2 Å². The van der Waals surface area contributed by atoms with Crippen molar-refractivity contribution in [2.24, 2.45) is 10.9 Å². The van der Waals surface area contributed by atoms with E-state index in [1.807, 2.05) is 41.8 Å². The Bertz CT molecular complexity index is 744. The SMILES string of the molecule is NNC(=O)COc1ccc(C2=NNC(c3ccc(Cl)cc3)C2)cc1. The first kappa shape index (κ1) is 16.3. The Balaban J connectivity index is 1.61. The number of hydrazine groups is 1. The first-order chi connectivity index (χ1) is 11.7. The molecule has 1 aliphatic heterocycles. The van der Waals surface area contributed by atoms with Crippen molar-refractivity contribution in [3.63, 3.8) is 0 Å². The number of halogens is 1. The second-order valence-electron chi connectivity index (χ2n) is 5.38. The minimum absolute atomic E-state index is 0.114. The summed E-state index contributed by atoms with van der Waals surface area (Å²) in [6.07, 6.45) is 0.789. The van der Waals surface area contributed by atoms with Gasteiger partial charge in [0.05, 0.1) is 11.8 Å². The van der Waals surface area contributed by atoms with Crippen molar-refractivity contribution in [3.05, 3.63) is 64.7 Å². The summed E-state index contributed by atoms with van der Waals surface area (Å²) in [4.78, 5) is 11.1. The number of nitrogens with two attached hydrogens (primary N) is 1. The number of hydrogen-bond acceptors (Lipinski definition) is 5. The van der Waals surface area contributed by atoms with E-state index in [9.17, 15) is 4.79 Å². The molecule has 0 spiro atoms. The van der Waals surface area contributed by atoms with Gasteiger partial charge in [-0.15, -0.1) is 0 Å². The van der Waals surface area contributed by atoms with Crippen LogP contribution in [0.4, 0.5) is 0 Å². The van der Waals surface area contributed by atoms with Crippen molar-refractivity contribution in [1.82, 2.24) is 10.9 Å². The van der Waals surface area contributed by atoms with Gasteiger partial charge in [0.25, 0.3) is 5.91 Å². The maximum atomic E-state index is 11.1. The molecule has 7 heteroatoms. The molecule has 24 heavy (non-hydrogen) atoms. The number of carbonyl (C=O) groups excluding carboxylic acids is 1. The van der Waals surface area contributed by atoms with E-state index in [1.165, 1.54) is 0 Å². The van der Waals surface area contributed by atoms with Crippen molar-refractivity contribution in [1.29, 1.82) is 0 Å². The number of nitrogens with zero attached hydrogens (tertiary/aromatic N) is 1. The Labute approximate surface area is 144 Å². The minimum atomic E-state index is -0.380. The van der Waals surface area contributed by atoms with Crippen LogP contribution < -0.4 is 21.4 Å². The molecule has 0 saturated heterocycles. The molecule has 2 aromatic rings. The molecule has 1 unspecified atom stereocenters. The van der Waals surface area contributed by atoms with Gasteiger partial charge < -0.3 is 10.2 Å². The van der Waals surface area contributed by atoms with Crippen molar-refractivity contribution < 1.29 is 9.53 Å². The van der Waals surface area contributed by atoms with E-state index >= 15 is 0 Å². The fraction of sp³-hybridized carbons (Fsp3) is 0.176. The third kappa shape index (κ3) is 3.84. The van der Waals surface area contributed by atoms with E-state index < -0.39 is 0 Å². The first-order valence-electron chi connectivity index (χ1n) is 7.46. The molecule has 1 atom stereocenters. The number of hydrazone groups is 1. The summed E-state index contributed by atoms with van der Waals surface area (Å²) in [6.45, 7) is -0.114. The normalized spacial score (nSPS) is 16.2. The minimum Gasteiger partial charge on any atom is -0.484 e. The quantitative estimate of drug-likeness (QED) is 0.440. The van der Waals surface area contributed by atoms with Gasteiger partial charge >= 0.3 is 0 Å². The van der Waals surface area contributed by atoms with Crippen molar-refractivity contribution in [2.45, 2.75) is 12.5 Å². The summed E-state index contributed by atoms with van der Waals surface area (Å²) in [5.41, 5.74) is 8.29.